The number of amides is 1. The second-order valence-corrected chi connectivity index (χ2v) is 6.00. The molecule has 9 nitrogen and oxygen atoms in total. The van der Waals surface area contributed by atoms with Gasteiger partial charge in [-0.05, 0) is 18.6 Å². The number of nitrogens with zero attached hydrogens (tertiary/aromatic N) is 3. The number of nitrogens with one attached hydrogen (secondary N) is 1. The van der Waals surface area contributed by atoms with Crippen molar-refractivity contribution in [1.82, 2.24) is 4.90 Å². The zero-order valence-electron chi connectivity index (χ0n) is 13.7. The molecule has 134 valence electrons. The van der Waals surface area contributed by atoms with Gasteiger partial charge in [-0.2, -0.15) is 0 Å². The SMILES string of the molecule is O=C(c1cc([N+](=O)[O-])cc([N+](=O)[O-])c1)N1CC[C@@H](Nc2ccccc2)C1. The summed E-state index contributed by atoms with van der Waals surface area (Å²) in [6.45, 7) is 0.893. The number of hydrogen-bond acceptors (Lipinski definition) is 6. The summed E-state index contributed by atoms with van der Waals surface area (Å²) >= 11 is 0. The molecule has 26 heavy (non-hydrogen) atoms. The van der Waals surface area contributed by atoms with Gasteiger partial charge in [-0.3, -0.25) is 25.0 Å². The largest absolute Gasteiger partial charge is 0.380 e. The minimum absolute atomic E-state index is 0.0498. The van der Waals surface area contributed by atoms with Crippen molar-refractivity contribution in [3.8, 4) is 0 Å². The number of hydrogen-bond donors (Lipinski definition) is 1. The van der Waals surface area contributed by atoms with E-state index in [1.165, 1.54) is 0 Å². The fraction of sp³-hybridized carbons (Fsp3) is 0.235. The molecule has 2 aromatic carbocycles. The molecule has 3 rings (SSSR count). The molecular weight excluding hydrogens is 340 g/mol. The first-order valence-corrected chi connectivity index (χ1v) is 7.99. The fourth-order valence-electron chi connectivity index (χ4n) is 2.94. The molecule has 1 N–H and O–H groups in total. The zero-order valence-corrected chi connectivity index (χ0v) is 13.7. The van der Waals surface area contributed by atoms with E-state index in [0.29, 0.717) is 13.1 Å². The second kappa shape index (κ2) is 7.18. The fourth-order valence-corrected chi connectivity index (χ4v) is 2.94. The molecule has 1 aliphatic rings. The summed E-state index contributed by atoms with van der Waals surface area (Å²) in [5.41, 5.74) is -0.0505. The standard InChI is InChI=1S/C17H16N4O5/c22-17(12-8-15(20(23)24)10-16(9-12)21(25)26)19-7-6-14(11-19)18-13-4-2-1-3-5-13/h1-5,8-10,14,18H,6-7,11H2/t14-/m1/s1. The van der Waals surface area contributed by atoms with Crippen molar-refractivity contribution in [3.63, 3.8) is 0 Å². The van der Waals surface area contributed by atoms with Crippen LogP contribution >= 0.6 is 0 Å². The van der Waals surface area contributed by atoms with Gasteiger partial charge in [0, 0.05) is 37.0 Å². The van der Waals surface area contributed by atoms with Crippen LogP contribution in [0.4, 0.5) is 17.1 Å². The van der Waals surface area contributed by atoms with Gasteiger partial charge in [-0.25, -0.2) is 0 Å². The number of nitro benzene ring substituents is 2. The number of non-ortho nitro benzene ring substituents is 2. The Hall–Kier alpha value is -3.49. The summed E-state index contributed by atoms with van der Waals surface area (Å²) in [6, 6.07) is 12.6. The predicted octanol–water partition coefficient (Wildman–Crippen LogP) is 2.83. The molecule has 0 spiro atoms. The van der Waals surface area contributed by atoms with Crippen molar-refractivity contribution < 1.29 is 14.6 Å². The van der Waals surface area contributed by atoms with Crippen LogP contribution in [-0.4, -0.2) is 39.8 Å². The maximum absolute atomic E-state index is 12.6. The first-order valence-electron chi connectivity index (χ1n) is 7.99. The Kier molecular flexibility index (Phi) is 4.78. The van der Waals surface area contributed by atoms with Gasteiger partial charge < -0.3 is 10.2 Å². The van der Waals surface area contributed by atoms with Crippen LogP contribution in [0, 0.1) is 20.2 Å². The highest BCUT2D eigenvalue weighted by atomic mass is 16.6. The average Bonchev–Trinajstić information content (AvgIpc) is 3.09. The first kappa shape index (κ1) is 17.3. The molecule has 0 saturated carbocycles. The lowest BCUT2D eigenvalue weighted by atomic mass is 10.1. The summed E-state index contributed by atoms with van der Waals surface area (Å²) in [7, 11) is 0. The molecule has 0 aromatic heterocycles. The summed E-state index contributed by atoms with van der Waals surface area (Å²) in [6.07, 6.45) is 0.720. The van der Waals surface area contributed by atoms with Crippen molar-refractivity contribution in [1.29, 1.82) is 0 Å². The van der Waals surface area contributed by atoms with Gasteiger partial charge in [-0.15, -0.1) is 0 Å². The number of para-hydroxylation sites is 1. The van der Waals surface area contributed by atoms with Crippen LogP contribution in [0.3, 0.4) is 0 Å². The number of anilines is 1. The lowest BCUT2D eigenvalue weighted by Gasteiger charge is -2.17. The lowest BCUT2D eigenvalue weighted by Crippen LogP contribution is -2.31. The van der Waals surface area contributed by atoms with E-state index in [1.54, 1.807) is 4.90 Å². The number of carbonyl (C=O) groups is 1. The van der Waals surface area contributed by atoms with Crippen LogP contribution in [0.5, 0.6) is 0 Å². The van der Waals surface area contributed by atoms with Crippen LogP contribution in [0.1, 0.15) is 16.8 Å². The molecule has 1 fully saturated rings. The normalized spacial score (nSPS) is 16.3. The number of nitro groups is 2. The van der Waals surface area contributed by atoms with E-state index in [9.17, 15) is 25.0 Å². The van der Waals surface area contributed by atoms with Crippen LogP contribution in [0.2, 0.25) is 0 Å². The number of likely N-dealkylation sites (tertiary alicyclic amines) is 1. The highest BCUT2D eigenvalue weighted by Crippen LogP contribution is 2.25. The van der Waals surface area contributed by atoms with E-state index in [0.717, 1.165) is 30.3 Å². The Morgan fingerprint density at radius 3 is 2.23 bits per heavy atom. The summed E-state index contributed by atoms with van der Waals surface area (Å²) in [5.74, 6) is -0.450. The third kappa shape index (κ3) is 3.77. The van der Waals surface area contributed by atoms with E-state index >= 15 is 0 Å². The van der Waals surface area contributed by atoms with Gasteiger partial charge in [0.15, 0.2) is 0 Å². The summed E-state index contributed by atoms with van der Waals surface area (Å²) in [4.78, 5) is 34.7. The molecule has 1 atom stereocenters. The van der Waals surface area contributed by atoms with Crippen LogP contribution in [-0.2, 0) is 0 Å². The summed E-state index contributed by atoms with van der Waals surface area (Å²) < 4.78 is 0. The molecule has 0 bridgehead atoms. The smallest absolute Gasteiger partial charge is 0.277 e. The van der Waals surface area contributed by atoms with Crippen molar-refractivity contribution in [2.24, 2.45) is 0 Å². The van der Waals surface area contributed by atoms with Gasteiger partial charge in [0.05, 0.1) is 21.5 Å². The predicted molar refractivity (Wildman–Crippen MR) is 94.1 cm³/mol. The first-order chi connectivity index (χ1) is 12.4. The highest BCUT2D eigenvalue weighted by molar-refractivity contribution is 5.95. The van der Waals surface area contributed by atoms with Gasteiger partial charge in [0.2, 0.25) is 0 Å². The number of carbonyl (C=O) groups excluding carboxylic acids is 1. The molecule has 1 amide bonds. The van der Waals surface area contributed by atoms with Crippen molar-refractivity contribution in [3.05, 3.63) is 74.3 Å². The monoisotopic (exact) mass is 356 g/mol. The quantitative estimate of drug-likeness (QED) is 0.650. The molecular formula is C17H16N4O5. The van der Waals surface area contributed by atoms with Gasteiger partial charge in [0.1, 0.15) is 0 Å². The molecule has 0 unspecified atom stereocenters. The Labute approximate surface area is 148 Å². The molecule has 0 aliphatic carbocycles. The third-order valence-electron chi connectivity index (χ3n) is 4.19. The molecule has 2 aromatic rings. The van der Waals surface area contributed by atoms with Crippen LogP contribution in [0.25, 0.3) is 0 Å². The van der Waals surface area contributed by atoms with Crippen molar-refractivity contribution >= 4 is 23.0 Å². The molecule has 1 aliphatic heterocycles. The van der Waals surface area contributed by atoms with Gasteiger partial charge in [-0.1, -0.05) is 18.2 Å². The zero-order chi connectivity index (χ0) is 18.7. The Morgan fingerprint density at radius 2 is 1.65 bits per heavy atom. The molecule has 9 heteroatoms. The highest BCUT2D eigenvalue weighted by Gasteiger charge is 2.29. The molecule has 0 radical (unpaired) electrons. The Balaban J connectivity index is 1.75. The number of benzene rings is 2. The van der Waals surface area contributed by atoms with E-state index in [2.05, 4.69) is 5.32 Å². The van der Waals surface area contributed by atoms with E-state index in [4.69, 9.17) is 0 Å². The topological polar surface area (TPSA) is 119 Å². The lowest BCUT2D eigenvalue weighted by molar-refractivity contribution is -0.394. The molecule has 1 heterocycles. The van der Waals surface area contributed by atoms with Gasteiger partial charge >= 0.3 is 0 Å². The average molecular weight is 356 g/mol. The maximum atomic E-state index is 12.6. The minimum Gasteiger partial charge on any atom is -0.380 e. The minimum atomic E-state index is -0.743. The van der Waals surface area contributed by atoms with E-state index in [-0.39, 0.29) is 11.6 Å². The molecule has 1 saturated heterocycles. The third-order valence-corrected chi connectivity index (χ3v) is 4.19. The Morgan fingerprint density at radius 1 is 1.04 bits per heavy atom. The number of rotatable bonds is 5. The van der Waals surface area contributed by atoms with E-state index < -0.39 is 27.1 Å². The van der Waals surface area contributed by atoms with Crippen LogP contribution < -0.4 is 5.32 Å². The van der Waals surface area contributed by atoms with Crippen molar-refractivity contribution in [2.45, 2.75) is 12.5 Å². The summed E-state index contributed by atoms with van der Waals surface area (Å²) in [5, 5.41) is 25.3. The van der Waals surface area contributed by atoms with E-state index in [1.807, 2.05) is 30.3 Å². The van der Waals surface area contributed by atoms with Crippen LogP contribution in [0.15, 0.2) is 48.5 Å². The maximum Gasteiger partial charge on any atom is 0.277 e. The van der Waals surface area contributed by atoms with Gasteiger partial charge in [0.25, 0.3) is 17.3 Å². The second-order valence-electron chi connectivity index (χ2n) is 6.00. The van der Waals surface area contributed by atoms with Crippen molar-refractivity contribution in [2.75, 3.05) is 18.4 Å². The Bertz CT molecular complexity index is 823.